The van der Waals surface area contributed by atoms with Gasteiger partial charge in [0.15, 0.2) is 11.5 Å². The standard InChI is InChI=1S/C10H11N5O/c1-6-2-4-7(5-3-6)12-10(16)8-9(11)14-15-13-8/h2-5H,1H3,(H,12,16)(H3,11,13,14,15). The van der Waals surface area contributed by atoms with Gasteiger partial charge in [0, 0.05) is 5.69 Å². The van der Waals surface area contributed by atoms with Crippen molar-refractivity contribution in [2.24, 2.45) is 0 Å². The molecular weight excluding hydrogens is 206 g/mol. The number of anilines is 2. The first-order chi connectivity index (χ1) is 7.66. The number of aromatic nitrogens is 3. The molecule has 0 unspecified atom stereocenters. The molecule has 6 nitrogen and oxygen atoms in total. The molecule has 1 heterocycles. The van der Waals surface area contributed by atoms with Crippen molar-refractivity contribution >= 4 is 17.4 Å². The van der Waals surface area contributed by atoms with Crippen molar-refractivity contribution in [2.45, 2.75) is 6.92 Å². The molecule has 1 aromatic heterocycles. The molecule has 1 aromatic carbocycles. The Balaban J connectivity index is 2.14. The van der Waals surface area contributed by atoms with Gasteiger partial charge in [0.2, 0.25) is 0 Å². The summed E-state index contributed by atoms with van der Waals surface area (Å²) in [5.74, 6) is -0.292. The number of nitrogens with one attached hydrogen (secondary N) is 2. The molecule has 16 heavy (non-hydrogen) atoms. The topological polar surface area (TPSA) is 96.7 Å². The first-order valence-corrected chi connectivity index (χ1v) is 4.71. The van der Waals surface area contributed by atoms with E-state index in [-0.39, 0.29) is 17.4 Å². The van der Waals surface area contributed by atoms with Crippen molar-refractivity contribution < 1.29 is 4.79 Å². The summed E-state index contributed by atoms with van der Waals surface area (Å²) in [5.41, 5.74) is 7.37. The van der Waals surface area contributed by atoms with Crippen LogP contribution in [0.1, 0.15) is 16.1 Å². The highest BCUT2D eigenvalue weighted by atomic mass is 16.2. The van der Waals surface area contributed by atoms with Crippen molar-refractivity contribution in [3.8, 4) is 0 Å². The van der Waals surface area contributed by atoms with Gasteiger partial charge in [0.05, 0.1) is 0 Å². The number of carbonyl (C=O) groups excluding carboxylic acids is 1. The predicted octanol–water partition coefficient (Wildman–Crippen LogP) is 0.948. The van der Waals surface area contributed by atoms with Gasteiger partial charge in [0.1, 0.15) is 0 Å². The lowest BCUT2D eigenvalue weighted by molar-refractivity contribution is 0.102. The van der Waals surface area contributed by atoms with E-state index in [9.17, 15) is 4.79 Å². The van der Waals surface area contributed by atoms with Crippen LogP contribution in [0.25, 0.3) is 0 Å². The Morgan fingerprint density at radius 1 is 1.31 bits per heavy atom. The smallest absolute Gasteiger partial charge is 0.280 e. The van der Waals surface area contributed by atoms with E-state index >= 15 is 0 Å². The first kappa shape index (κ1) is 10.2. The highest BCUT2D eigenvalue weighted by Gasteiger charge is 2.13. The molecule has 2 aromatic rings. The molecule has 0 radical (unpaired) electrons. The molecule has 1 amide bonds. The van der Waals surface area contributed by atoms with Gasteiger partial charge in [-0.05, 0) is 19.1 Å². The summed E-state index contributed by atoms with van der Waals surface area (Å²) in [4.78, 5) is 11.7. The summed E-state index contributed by atoms with van der Waals surface area (Å²) in [6, 6.07) is 7.43. The van der Waals surface area contributed by atoms with E-state index in [2.05, 4.69) is 20.7 Å². The fourth-order valence-electron chi connectivity index (χ4n) is 1.23. The van der Waals surface area contributed by atoms with Gasteiger partial charge in [-0.3, -0.25) is 4.79 Å². The minimum absolute atomic E-state index is 0.0876. The zero-order valence-corrected chi connectivity index (χ0v) is 8.69. The number of nitrogen functional groups attached to an aromatic ring is 1. The van der Waals surface area contributed by atoms with Crippen LogP contribution in [0, 0.1) is 6.92 Å². The average Bonchev–Trinajstić information content (AvgIpc) is 2.68. The molecule has 0 spiro atoms. The molecule has 0 bridgehead atoms. The van der Waals surface area contributed by atoms with Crippen LogP contribution >= 0.6 is 0 Å². The molecule has 6 heteroatoms. The second kappa shape index (κ2) is 4.01. The lowest BCUT2D eigenvalue weighted by Crippen LogP contribution is -2.14. The summed E-state index contributed by atoms with van der Waals surface area (Å²) >= 11 is 0. The minimum Gasteiger partial charge on any atom is -0.380 e. The third kappa shape index (κ3) is 2.00. The second-order valence-electron chi connectivity index (χ2n) is 3.38. The van der Waals surface area contributed by atoms with Crippen LogP contribution in [0.2, 0.25) is 0 Å². The molecule has 0 atom stereocenters. The third-order valence-corrected chi connectivity index (χ3v) is 2.10. The molecular formula is C10H11N5O. The number of aromatic amines is 1. The third-order valence-electron chi connectivity index (χ3n) is 2.10. The first-order valence-electron chi connectivity index (χ1n) is 4.71. The largest absolute Gasteiger partial charge is 0.380 e. The van der Waals surface area contributed by atoms with Gasteiger partial charge in [0.25, 0.3) is 5.91 Å². The highest BCUT2D eigenvalue weighted by Crippen LogP contribution is 2.11. The van der Waals surface area contributed by atoms with Gasteiger partial charge < -0.3 is 11.1 Å². The van der Waals surface area contributed by atoms with Crippen molar-refractivity contribution in [3.05, 3.63) is 35.5 Å². The van der Waals surface area contributed by atoms with Gasteiger partial charge in [-0.25, -0.2) is 0 Å². The van der Waals surface area contributed by atoms with Gasteiger partial charge >= 0.3 is 0 Å². The number of rotatable bonds is 2. The summed E-state index contributed by atoms with van der Waals surface area (Å²) in [6.45, 7) is 1.97. The normalized spacial score (nSPS) is 10.1. The number of benzene rings is 1. The lowest BCUT2D eigenvalue weighted by Gasteiger charge is -2.03. The van der Waals surface area contributed by atoms with E-state index < -0.39 is 0 Å². The summed E-state index contributed by atoms with van der Waals surface area (Å²) < 4.78 is 0. The summed E-state index contributed by atoms with van der Waals surface area (Å²) in [7, 11) is 0. The van der Waals surface area contributed by atoms with Crippen LogP contribution in [0.15, 0.2) is 24.3 Å². The Hall–Kier alpha value is -2.37. The number of nitrogens with zero attached hydrogens (tertiary/aromatic N) is 2. The van der Waals surface area contributed by atoms with E-state index in [0.29, 0.717) is 5.69 Å². The quantitative estimate of drug-likeness (QED) is 0.697. The maximum atomic E-state index is 11.7. The zero-order chi connectivity index (χ0) is 11.5. The molecule has 0 saturated carbocycles. The van der Waals surface area contributed by atoms with Crippen LogP contribution in [-0.2, 0) is 0 Å². The Bertz CT molecular complexity index is 502. The Morgan fingerprint density at radius 3 is 2.56 bits per heavy atom. The Labute approximate surface area is 91.9 Å². The minimum atomic E-state index is -0.380. The fraction of sp³-hybridized carbons (Fsp3) is 0.100. The van der Waals surface area contributed by atoms with Crippen molar-refractivity contribution in [2.75, 3.05) is 11.1 Å². The highest BCUT2D eigenvalue weighted by molar-refractivity contribution is 6.05. The van der Waals surface area contributed by atoms with Crippen LogP contribution in [0.4, 0.5) is 11.5 Å². The van der Waals surface area contributed by atoms with E-state index in [1.54, 1.807) is 0 Å². The Morgan fingerprint density at radius 2 is 2.00 bits per heavy atom. The SMILES string of the molecule is Cc1ccc(NC(=O)c2n[nH]nc2N)cc1. The molecule has 0 aliphatic heterocycles. The molecule has 0 saturated heterocycles. The maximum Gasteiger partial charge on any atom is 0.280 e. The van der Waals surface area contributed by atoms with Gasteiger partial charge in [-0.1, -0.05) is 17.7 Å². The van der Waals surface area contributed by atoms with Crippen molar-refractivity contribution in [1.82, 2.24) is 15.4 Å². The van der Waals surface area contributed by atoms with E-state index in [4.69, 9.17) is 5.73 Å². The predicted molar refractivity (Wildman–Crippen MR) is 59.9 cm³/mol. The van der Waals surface area contributed by atoms with Gasteiger partial charge in [-0.2, -0.15) is 5.21 Å². The second-order valence-corrected chi connectivity index (χ2v) is 3.38. The molecule has 82 valence electrons. The number of amides is 1. The number of hydrogen-bond donors (Lipinski definition) is 3. The number of H-pyrrole nitrogens is 1. The number of aryl methyl sites for hydroxylation is 1. The van der Waals surface area contributed by atoms with E-state index in [1.807, 2.05) is 31.2 Å². The lowest BCUT2D eigenvalue weighted by atomic mass is 10.2. The molecule has 0 fully saturated rings. The molecule has 0 aliphatic rings. The molecule has 2 rings (SSSR count). The maximum absolute atomic E-state index is 11.7. The number of hydrogen-bond acceptors (Lipinski definition) is 4. The average molecular weight is 217 g/mol. The van der Waals surface area contributed by atoms with E-state index in [1.165, 1.54) is 0 Å². The van der Waals surface area contributed by atoms with Crippen LogP contribution in [0.5, 0.6) is 0 Å². The van der Waals surface area contributed by atoms with Gasteiger partial charge in [-0.15, -0.1) is 10.2 Å². The zero-order valence-electron chi connectivity index (χ0n) is 8.69. The van der Waals surface area contributed by atoms with Crippen LogP contribution in [0.3, 0.4) is 0 Å². The van der Waals surface area contributed by atoms with Crippen LogP contribution in [-0.4, -0.2) is 21.3 Å². The summed E-state index contributed by atoms with van der Waals surface area (Å²) in [5, 5.41) is 12.2. The molecule has 0 aliphatic carbocycles. The number of carbonyl (C=O) groups is 1. The number of nitrogens with two attached hydrogens (primary N) is 1. The monoisotopic (exact) mass is 217 g/mol. The molecule has 4 N–H and O–H groups in total. The van der Waals surface area contributed by atoms with Crippen LogP contribution < -0.4 is 11.1 Å². The van der Waals surface area contributed by atoms with Crippen molar-refractivity contribution in [3.63, 3.8) is 0 Å². The van der Waals surface area contributed by atoms with Crippen molar-refractivity contribution in [1.29, 1.82) is 0 Å². The Kier molecular flexibility index (Phi) is 2.55. The fourth-order valence-corrected chi connectivity index (χ4v) is 1.23. The van der Waals surface area contributed by atoms with E-state index in [0.717, 1.165) is 5.56 Å². The summed E-state index contributed by atoms with van der Waals surface area (Å²) in [6.07, 6.45) is 0.